The Kier molecular flexibility index (Phi) is 4.17. The van der Waals surface area contributed by atoms with Crippen molar-refractivity contribution < 1.29 is 9.13 Å². The van der Waals surface area contributed by atoms with E-state index in [2.05, 4.69) is 24.8 Å². The van der Waals surface area contributed by atoms with Crippen molar-refractivity contribution in [3.63, 3.8) is 0 Å². The zero-order chi connectivity index (χ0) is 18.9. The van der Waals surface area contributed by atoms with Crippen LogP contribution in [0.25, 0.3) is 33.5 Å². The molecule has 0 bridgehead atoms. The maximum atomic E-state index is 14.5. The summed E-state index contributed by atoms with van der Waals surface area (Å²) in [5, 5.41) is 0. The summed E-state index contributed by atoms with van der Waals surface area (Å²) in [5.41, 5.74) is 3.86. The highest BCUT2D eigenvalue weighted by Crippen LogP contribution is 2.34. The highest BCUT2D eigenvalue weighted by Gasteiger charge is 2.19. The van der Waals surface area contributed by atoms with Crippen molar-refractivity contribution >= 4 is 17.1 Å². The Labute approximate surface area is 160 Å². The average Bonchev–Trinajstić information content (AvgIpc) is 3.18. The number of fused-ring (bicyclic) bond motifs is 1. The van der Waals surface area contributed by atoms with Gasteiger partial charge in [0.05, 0.1) is 30.6 Å². The number of nitrogens with one attached hydrogen (secondary N) is 1. The van der Waals surface area contributed by atoms with Crippen LogP contribution in [-0.2, 0) is 4.74 Å². The lowest BCUT2D eigenvalue weighted by Gasteiger charge is -2.25. The number of rotatable bonds is 3. The first-order valence-electron chi connectivity index (χ1n) is 9.03. The minimum absolute atomic E-state index is 0.401. The molecule has 28 heavy (non-hydrogen) atoms. The van der Waals surface area contributed by atoms with Crippen molar-refractivity contribution in [3.05, 3.63) is 54.9 Å². The van der Waals surface area contributed by atoms with E-state index < -0.39 is 5.82 Å². The molecular formula is C20H17FN6O. The van der Waals surface area contributed by atoms with E-state index in [0.717, 1.165) is 30.1 Å². The van der Waals surface area contributed by atoms with Crippen LogP contribution < -0.4 is 4.90 Å². The highest BCUT2D eigenvalue weighted by molar-refractivity contribution is 5.89. The molecule has 140 valence electrons. The Bertz CT molecular complexity index is 1120. The van der Waals surface area contributed by atoms with Crippen molar-refractivity contribution in [1.29, 1.82) is 0 Å². The molecular weight excluding hydrogens is 359 g/mol. The van der Waals surface area contributed by atoms with Crippen LogP contribution in [0.5, 0.6) is 0 Å². The molecule has 1 aliphatic rings. The molecule has 8 heteroatoms. The number of nitrogens with zero attached hydrogens (tertiary/aromatic N) is 5. The molecule has 4 aromatic rings. The van der Waals surface area contributed by atoms with Crippen LogP contribution in [0.1, 0.15) is 0 Å². The molecule has 0 spiro atoms. The number of pyridine rings is 3. The van der Waals surface area contributed by atoms with Gasteiger partial charge in [-0.05, 0) is 24.3 Å². The number of ether oxygens (including phenoxy) is 1. The van der Waals surface area contributed by atoms with E-state index in [9.17, 15) is 4.39 Å². The number of H-pyrrole nitrogens is 1. The van der Waals surface area contributed by atoms with Crippen LogP contribution in [0.4, 0.5) is 10.3 Å². The first kappa shape index (κ1) is 16.8. The number of hydrogen-bond acceptors (Lipinski definition) is 6. The van der Waals surface area contributed by atoms with Crippen LogP contribution in [0.2, 0.25) is 0 Å². The Hall–Kier alpha value is -3.39. The SMILES string of the molecule is Fc1cnccc1-c1cc2[nH]c(N3CCOCC3)nc2nc1-c1cccnc1. The Morgan fingerprint density at radius 3 is 2.64 bits per heavy atom. The van der Waals surface area contributed by atoms with Gasteiger partial charge in [0.25, 0.3) is 0 Å². The molecule has 0 radical (unpaired) electrons. The maximum Gasteiger partial charge on any atom is 0.205 e. The highest BCUT2D eigenvalue weighted by atomic mass is 19.1. The van der Waals surface area contributed by atoms with Crippen LogP contribution in [-0.4, -0.2) is 51.2 Å². The summed E-state index contributed by atoms with van der Waals surface area (Å²) in [6.07, 6.45) is 6.19. The number of aromatic nitrogens is 5. The van der Waals surface area contributed by atoms with Crippen molar-refractivity contribution in [2.45, 2.75) is 0 Å². The van der Waals surface area contributed by atoms with Crippen molar-refractivity contribution in [2.75, 3.05) is 31.2 Å². The van der Waals surface area contributed by atoms with Gasteiger partial charge in [-0.25, -0.2) is 9.37 Å². The second-order valence-electron chi connectivity index (χ2n) is 6.51. The smallest absolute Gasteiger partial charge is 0.205 e. The number of imidazole rings is 1. The van der Waals surface area contributed by atoms with Crippen LogP contribution >= 0.6 is 0 Å². The zero-order valence-electron chi connectivity index (χ0n) is 15.0. The summed E-state index contributed by atoms with van der Waals surface area (Å²) in [6.45, 7) is 2.86. The molecule has 0 amide bonds. The second kappa shape index (κ2) is 6.97. The summed E-state index contributed by atoms with van der Waals surface area (Å²) in [4.78, 5) is 22.9. The second-order valence-corrected chi connectivity index (χ2v) is 6.51. The fourth-order valence-corrected chi connectivity index (χ4v) is 3.38. The van der Waals surface area contributed by atoms with E-state index in [4.69, 9.17) is 9.72 Å². The normalized spacial score (nSPS) is 14.5. The molecule has 4 aromatic heterocycles. The predicted octanol–water partition coefficient (Wildman–Crippen LogP) is 3.06. The third-order valence-electron chi connectivity index (χ3n) is 4.77. The van der Waals surface area contributed by atoms with E-state index in [1.807, 2.05) is 18.2 Å². The average molecular weight is 376 g/mol. The number of anilines is 1. The van der Waals surface area contributed by atoms with Gasteiger partial charge in [0.1, 0.15) is 5.82 Å². The quantitative estimate of drug-likeness (QED) is 0.592. The zero-order valence-corrected chi connectivity index (χ0v) is 15.0. The number of halogens is 1. The molecule has 5 heterocycles. The molecule has 1 saturated heterocycles. The Morgan fingerprint density at radius 2 is 1.86 bits per heavy atom. The molecule has 1 aliphatic heterocycles. The lowest BCUT2D eigenvalue weighted by Crippen LogP contribution is -2.36. The monoisotopic (exact) mass is 376 g/mol. The molecule has 0 atom stereocenters. The van der Waals surface area contributed by atoms with Crippen molar-refractivity contribution in [1.82, 2.24) is 24.9 Å². The number of aromatic amines is 1. The minimum Gasteiger partial charge on any atom is -0.378 e. The third-order valence-corrected chi connectivity index (χ3v) is 4.77. The van der Waals surface area contributed by atoms with Gasteiger partial charge in [-0.15, -0.1) is 0 Å². The summed E-state index contributed by atoms with van der Waals surface area (Å²) in [7, 11) is 0. The van der Waals surface area contributed by atoms with E-state index in [0.29, 0.717) is 35.7 Å². The third kappa shape index (κ3) is 2.97. The fraction of sp³-hybridized carbons (Fsp3) is 0.200. The molecule has 5 rings (SSSR count). The first-order chi connectivity index (χ1) is 13.8. The van der Waals surface area contributed by atoms with E-state index in [-0.39, 0.29) is 0 Å². The summed E-state index contributed by atoms with van der Waals surface area (Å²) in [5.74, 6) is 0.344. The molecule has 1 N–H and O–H groups in total. The Morgan fingerprint density at radius 1 is 1.00 bits per heavy atom. The van der Waals surface area contributed by atoms with Crippen LogP contribution in [0.15, 0.2) is 49.1 Å². The van der Waals surface area contributed by atoms with Crippen molar-refractivity contribution in [3.8, 4) is 22.4 Å². The lowest BCUT2D eigenvalue weighted by atomic mass is 10.0. The maximum absolute atomic E-state index is 14.5. The van der Waals surface area contributed by atoms with Crippen molar-refractivity contribution in [2.24, 2.45) is 0 Å². The summed E-state index contributed by atoms with van der Waals surface area (Å²) in [6, 6.07) is 7.27. The van der Waals surface area contributed by atoms with Gasteiger partial charge < -0.3 is 14.6 Å². The molecule has 0 unspecified atom stereocenters. The van der Waals surface area contributed by atoms with Gasteiger partial charge in [0.2, 0.25) is 5.95 Å². The lowest BCUT2D eigenvalue weighted by molar-refractivity contribution is 0.122. The van der Waals surface area contributed by atoms with Gasteiger partial charge >= 0.3 is 0 Å². The molecule has 0 aliphatic carbocycles. The van der Waals surface area contributed by atoms with Gasteiger partial charge in [-0.2, -0.15) is 4.98 Å². The van der Waals surface area contributed by atoms with Gasteiger partial charge in [-0.3, -0.25) is 9.97 Å². The van der Waals surface area contributed by atoms with E-state index in [1.165, 1.54) is 6.20 Å². The van der Waals surface area contributed by atoms with Crippen LogP contribution in [0.3, 0.4) is 0 Å². The largest absolute Gasteiger partial charge is 0.378 e. The number of morpholine rings is 1. The predicted molar refractivity (Wildman–Crippen MR) is 103 cm³/mol. The first-order valence-corrected chi connectivity index (χ1v) is 9.03. The van der Waals surface area contributed by atoms with E-state index in [1.54, 1.807) is 24.7 Å². The van der Waals surface area contributed by atoms with Gasteiger partial charge in [0.15, 0.2) is 5.65 Å². The standard InChI is InChI=1S/C20H17FN6O/c21-16-12-23-5-3-14(16)15-10-17-19(25-18(15)13-2-1-4-22-11-13)26-20(24-17)27-6-8-28-9-7-27/h1-5,10-12H,6-9H2,(H,24,25,26). The fourth-order valence-electron chi connectivity index (χ4n) is 3.38. The topological polar surface area (TPSA) is 79.8 Å². The van der Waals surface area contributed by atoms with E-state index >= 15 is 0 Å². The van der Waals surface area contributed by atoms with Gasteiger partial charge in [-0.1, -0.05) is 0 Å². The Balaban J connectivity index is 1.70. The van der Waals surface area contributed by atoms with Gasteiger partial charge in [0, 0.05) is 48.4 Å². The molecule has 1 fully saturated rings. The molecule has 0 aromatic carbocycles. The summed E-state index contributed by atoms with van der Waals surface area (Å²) >= 11 is 0. The minimum atomic E-state index is -0.401. The van der Waals surface area contributed by atoms with Crippen LogP contribution in [0, 0.1) is 5.82 Å². The summed E-state index contributed by atoms with van der Waals surface area (Å²) < 4.78 is 19.9. The molecule has 7 nitrogen and oxygen atoms in total. The number of hydrogen-bond donors (Lipinski definition) is 1. The molecule has 0 saturated carbocycles.